The van der Waals surface area contributed by atoms with Crippen molar-refractivity contribution in [2.24, 2.45) is 0 Å². The lowest BCUT2D eigenvalue weighted by molar-refractivity contribution is -0.123. The van der Waals surface area contributed by atoms with Crippen LogP contribution in [0.2, 0.25) is 0 Å². The standard InChI is InChI=1S/C22H24N4O3/c1-15(2)26-20(13-14-23-26)25-21(27)16(3)29-22(28)18-11-7-8-12-19(18)24-17-9-5-4-6-10-17/h4-16,24H,1-3H3,(H,25,27)/t16-/m1/s1. The van der Waals surface area contributed by atoms with Gasteiger partial charge in [-0.2, -0.15) is 5.10 Å². The third-order valence-corrected chi connectivity index (χ3v) is 4.26. The van der Waals surface area contributed by atoms with Gasteiger partial charge in [-0.15, -0.1) is 0 Å². The summed E-state index contributed by atoms with van der Waals surface area (Å²) < 4.78 is 7.09. The molecule has 0 radical (unpaired) electrons. The number of rotatable bonds is 7. The number of hydrogen-bond donors (Lipinski definition) is 2. The summed E-state index contributed by atoms with van der Waals surface area (Å²) in [5.41, 5.74) is 1.80. The van der Waals surface area contributed by atoms with E-state index in [2.05, 4.69) is 15.7 Å². The molecule has 0 saturated heterocycles. The summed E-state index contributed by atoms with van der Waals surface area (Å²) >= 11 is 0. The van der Waals surface area contributed by atoms with Gasteiger partial charge in [0.1, 0.15) is 5.82 Å². The molecule has 0 aliphatic carbocycles. The monoisotopic (exact) mass is 392 g/mol. The molecule has 0 spiro atoms. The highest BCUT2D eigenvalue weighted by molar-refractivity contribution is 6.00. The van der Waals surface area contributed by atoms with Crippen molar-refractivity contribution >= 4 is 29.1 Å². The van der Waals surface area contributed by atoms with E-state index in [1.54, 1.807) is 35.1 Å². The second-order valence-electron chi connectivity index (χ2n) is 6.83. The molecule has 0 bridgehead atoms. The highest BCUT2D eigenvalue weighted by atomic mass is 16.5. The van der Waals surface area contributed by atoms with E-state index in [1.165, 1.54) is 6.92 Å². The van der Waals surface area contributed by atoms with Crippen molar-refractivity contribution in [1.29, 1.82) is 0 Å². The lowest BCUT2D eigenvalue weighted by Gasteiger charge is -2.17. The third kappa shape index (κ3) is 5.01. The maximum Gasteiger partial charge on any atom is 0.341 e. The van der Waals surface area contributed by atoms with E-state index in [-0.39, 0.29) is 6.04 Å². The van der Waals surface area contributed by atoms with Crippen LogP contribution in [0.5, 0.6) is 0 Å². The van der Waals surface area contributed by atoms with E-state index >= 15 is 0 Å². The molecule has 150 valence electrons. The number of anilines is 3. The first-order chi connectivity index (χ1) is 14.0. The molecule has 0 fully saturated rings. The maximum absolute atomic E-state index is 12.7. The van der Waals surface area contributed by atoms with Crippen molar-refractivity contribution < 1.29 is 14.3 Å². The van der Waals surface area contributed by atoms with Gasteiger partial charge in [-0.1, -0.05) is 30.3 Å². The Kier molecular flexibility index (Phi) is 6.29. The molecule has 7 nitrogen and oxygen atoms in total. The molecule has 3 aromatic rings. The second-order valence-corrected chi connectivity index (χ2v) is 6.83. The first kappa shape index (κ1) is 20.1. The number of nitrogens with one attached hydrogen (secondary N) is 2. The van der Waals surface area contributed by atoms with Gasteiger partial charge in [0.05, 0.1) is 17.4 Å². The first-order valence-electron chi connectivity index (χ1n) is 9.42. The molecule has 2 N–H and O–H groups in total. The van der Waals surface area contributed by atoms with Crippen molar-refractivity contribution in [3.8, 4) is 0 Å². The van der Waals surface area contributed by atoms with Gasteiger partial charge in [0, 0.05) is 17.8 Å². The minimum atomic E-state index is -0.970. The third-order valence-electron chi connectivity index (χ3n) is 4.26. The summed E-state index contributed by atoms with van der Waals surface area (Å²) in [5.74, 6) is -0.447. The minimum Gasteiger partial charge on any atom is -0.449 e. The van der Waals surface area contributed by atoms with Crippen LogP contribution in [0.25, 0.3) is 0 Å². The van der Waals surface area contributed by atoms with Crippen molar-refractivity contribution in [2.75, 3.05) is 10.6 Å². The molecule has 29 heavy (non-hydrogen) atoms. The van der Waals surface area contributed by atoms with E-state index in [9.17, 15) is 9.59 Å². The molecule has 1 amide bonds. The van der Waals surface area contributed by atoms with E-state index in [4.69, 9.17) is 4.74 Å². The van der Waals surface area contributed by atoms with Gasteiger partial charge in [-0.25, -0.2) is 9.48 Å². The Balaban J connectivity index is 1.68. The Bertz CT molecular complexity index is 982. The van der Waals surface area contributed by atoms with Crippen LogP contribution < -0.4 is 10.6 Å². The van der Waals surface area contributed by atoms with Gasteiger partial charge in [0.15, 0.2) is 6.10 Å². The number of aromatic nitrogens is 2. The van der Waals surface area contributed by atoms with Gasteiger partial charge in [-0.3, -0.25) is 4.79 Å². The zero-order chi connectivity index (χ0) is 20.8. The molecular formula is C22H24N4O3. The first-order valence-corrected chi connectivity index (χ1v) is 9.42. The summed E-state index contributed by atoms with van der Waals surface area (Å²) in [6.07, 6.45) is 0.639. The number of benzene rings is 2. The van der Waals surface area contributed by atoms with Crippen LogP contribution in [0.1, 0.15) is 37.2 Å². The van der Waals surface area contributed by atoms with Crippen molar-refractivity contribution in [3.63, 3.8) is 0 Å². The Morgan fingerprint density at radius 1 is 0.966 bits per heavy atom. The lowest BCUT2D eigenvalue weighted by Crippen LogP contribution is -2.31. The number of carbonyl (C=O) groups excluding carboxylic acids is 2. The Morgan fingerprint density at radius 3 is 2.38 bits per heavy atom. The number of para-hydroxylation sites is 2. The smallest absolute Gasteiger partial charge is 0.341 e. The summed E-state index contributed by atoms with van der Waals surface area (Å²) in [5, 5.41) is 10.1. The Morgan fingerprint density at radius 2 is 1.66 bits per heavy atom. The molecule has 0 aliphatic rings. The zero-order valence-corrected chi connectivity index (χ0v) is 16.6. The van der Waals surface area contributed by atoms with Gasteiger partial charge < -0.3 is 15.4 Å². The van der Waals surface area contributed by atoms with E-state index in [0.29, 0.717) is 17.1 Å². The molecule has 1 aromatic heterocycles. The molecular weight excluding hydrogens is 368 g/mol. The predicted molar refractivity (Wildman–Crippen MR) is 112 cm³/mol. The average molecular weight is 392 g/mol. The largest absolute Gasteiger partial charge is 0.449 e. The van der Waals surface area contributed by atoms with Crippen molar-refractivity contribution in [2.45, 2.75) is 32.9 Å². The normalized spacial score (nSPS) is 11.7. The summed E-state index contributed by atoms with van der Waals surface area (Å²) in [4.78, 5) is 25.2. The fourth-order valence-corrected chi connectivity index (χ4v) is 2.78. The van der Waals surface area contributed by atoms with Crippen LogP contribution in [-0.2, 0) is 9.53 Å². The number of amides is 1. The van der Waals surface area contributed by atoms with E-state index < -0.39 is 18.0 Å². The van der Waals surface area contributed by atoms with Crippen LogP contribution in [0.3, 0.4) is 0 Å². The van der Waals surface area contributed by atoms with Crippen LogP contribution >= 0.6 is 0 Å². The fraction of sp³-hybridized carbons (Fsp3) is 0.227. The second kappa shape index (κ2) is 9.05. The number of nitrogens with zero attached hydrogens (tertiary/aromatic N) is 2. The molecule has 1 heterocycles. The Labute approximate surface area is 169 Å². The molecule has 7 heteroatoms. The van der Waals surface area contributed by atoms with Crippen LogP contribution in [0.15, 0.2) is 66.9 Å². The Hall–Kier alpha value is -3.61. The zero-order valence-electron chi connectivity index (χ0n) is 16.6. The maximum atomic E-state index is 12.7. The fourth-order valence-electron chi connectivity index (χ4n) is 2.78. The summed E-state index contributed by atoms with van der Waals surface area (Å²) in [6.45, 7) is 5.46. The van der Waals surface area contributed by atoms with E-state index in [0.717, 1.165) is 5.69 Å². The highest BCUT2D eigenvalue weighted by Gasteiger charge is 2.22. The molecule has 1 atom stereocenters. The average Bonchev–Trinajstić information content (AvgIpc) is 3.17. The molecule has 0 unspecified atom stereocenters. The quantitative estimate of drug-likeness (QED) is 0.583. The van der Waals surface area contributed by atoms with Gasteiger partial charge in [-0.05, 0) is 45.0 Å². The SMILES string of the molecule is CC(C)n1nccc1NC(=O)[C@@H](C)OC(=O)c1ccccc1Nc1ccccc1. The predicted octanol–water partition coefficient (Wildman–Crippen LogP) is 4.39. The molecule has 0 aliphatic heterocycles. The lowest BCUT2D eigenvalue weighted by atomic mass is 10.1. The summed E-state index contributed by atoms with van der Waals surface area (Å²) in [6, 6.07) is 18.3. The number of hydrogen-bond acceptors (Lipinski definition) is 5. The minimum absolute atomic E-state index is 0.0918. The van der Waals surface area contributed by atoms with Crippen LogP contribution in [0, 0.1) is 0 Å². The van der Waals surface area contributed by atoms with Crippen molar-refractivity contribution in [1.82, 2.24) is 9.78 Å². The van der Waals surface area contributed by atoms with Gasteiger partial charge >= 0.3 is 5.97 Å². The van der Waals surface area contributed by atoms with Gasteiger partial charge in [0.2, 0.25) is 0 Å². The number of esters is 1. The molecule has 0 saturated carbocycles. The van der Waals surface area contributed by atoms with Gasteiger partial charge in [0.25, 0.3) is 5.91 Å². The number of ether oxygens (including phenoxy) is 1. The van der Waals surface area contributed by atoms with Crippen molar-refractivity contribution in [3.05, 3.63) is 72.4 Å². The van der Waals surface area contributed by atoms with Crippen LogP contribution in [0.4, 0.5) is 17.2 Å². The highest BCUT2D eigenvalue weighted by Crippen LogP contribution is 2.22. The topological polar surface area (TPSA) is 85.2 Å². The molecule has 3 rings (SSSR count). The molecule has 2 aromatic carbocycles. The number of carbonyl (C=O) groups is 2. The van der Waals surface area contributed by atoms with Crippen LogP contribution in [-0.4, -0.2) is 27.8 Å². The summed E-state index contributed by atoms with van der Waals surface area (Å²) in [7, 11) is 0. The van der Waals surface area contributed by atoms with E-state index in [1.807, 2.05) is 50.2 Å².